The first-order chi connectivity index (χ1) is 13.5. The fraction of sp³-hybridized carbons (Fsp3) is 0.150. The molecule has 4 rings (SSSR count). The molecule has 0 radical (unpaired) electrons. The first-order valence-electron chi connectivity index (χ1n) is 8.63. The number of para-hydroxylation sites is 1. The molecule has 1 atom stereocenters. The molecule has 0 aliphatic rings. The Balaban J connectivity index is 1.60. The molecular weight excluding hydrogens is 378 g/mol. The molecule has 1 unspecified atom stereocenters. The SMILES string of the molecule is Cc1cc(C(=O)NC(C)c2nc(-c3cccnc3)no2)c2cccc(Cl)c2n1. The van der Waals surface area contributed by atoms with Gasteiger partial charge in [-0.3, -0.25) is 14.8 Å². The van der Waals surface area contributed by atoms with Gasteiger partial charge in [0.15, 0.2) is 0 Å². The van der Waals surface area contributed by atoms with Crippen molar-refractivity contribution in [3.8, 4) is 11.4 Å². The summed E-state index contributed by atoms with van der Waals surface area (Å²) >= 11 is 6.24. The number of aryl methyl sites for hydroxylation is 1. The summed E-state index contributed by atoms with van der Waals surface area (Å²) in [4.78, 5) is 25.7. The molecule has 140 valence electrons. The molecule has 4 aromatic rings. The van der Waals surface area contributed by atoms with Crippen molar-refractivity contribution in [2.75, 3.05) is 0 Å². The van der Waals surface area contributed by atoms with E-state index in [0.717, 1.165) is 5.56 Å². The van der Waals surface area contributed by atoms with Gasteiger partial charge in [-0.25, -0.2) is 0 Å². The van der Waals surface area contributed by atoms with E-state index in [4.69, 9.17) is 16.1 Å². The standard InChI is InChI=1S/C20H16ClN5O2/c1-11-9-15(14-6-3-7-16(21)17(14)23-11)19(27)24-12(2)20-25-18(26-28-20)13-5-4-8-22-10-13/h3-10,12H,1-2H3,(H,24,27). The van der Waals surface area contributed by atoms with Crippen molar-refractivity contribution in [3.05, 3.63) is 71.0 Å². The highest BCUT2D eigenvalue weighted by Crippen LogP contribution is 2.26. The van der Waals surface area contributed by atoms with E-state index in [1.165, 1.54) is 0 Å². The van der Waals surface area contributed by atoms with Crippen molar-refractivity contribution in [2.24, 2.45) is 0 Å². The van der Waals surface area contributed by atoms with E-state index in [1.54, 1.807) is 43.6 Å². The maximum absolute atomic E-state index is 12.9. The van der Waals surface area contributed by atoms with Crippen LogP contribution in [0.4, 0.5) is 0 Å². The monoisotopic (exact) mass is 393 g/mol. The molecular formula is C20H16ClN5O2. The van der Waals surface area contributed by atoms with Crippen LogP contribution in [0.3, 0.4) is 0 Å². The summed E-state index contributed by atoms with van der Waals surface area (Å²) in [5.41, 5.74) is 2.53. The van der Waals surface area contributed by atoms with Crippen molar-refractivity contribution < 1.29 is 9.32 Å². The number of hydrogen-bond acceptors (Lipinski definition) is 6. The second kappa shape index (κ2) is 7.36. The summed E-state index contributed by atoms with van der Waals surface area (Å²) in [5.74, 6) is 0.452. The molecule has 0 fully saturated rings. The average Bonchev–Trinajstić information content (AvgIpc) is 3.19. The lowest BCUT2D eigenvalue weighted by molar-refractivity contribution is 0.0934. The predicted octanol–water partition coefficient (Wildman–Crippen LogP) is 4.13. The van der Waals surface area contributed by atoms with Crippen LogP contribution in [0.2, 0.25) is 5.02 Å². The van der Waals surface area contributed by atoms with Crippen LogP contribution in [-0.4, -0.2) is 26.0 Å². The fourth-order valence-corrected chi connectivity index (χ4v) is 3.11. The first kappa shape index (κ1) is 18.1. The number of hydrogen-bond donors (Lipinski definition) is 1. The van der Waals surface area contributed by atoms with Gasteiger partial charge in [0.2, 0.25) is 11.7 Å². The second-order valence-corrected chi connectivity index (χ2v) is 6.75. The minimum atomic E-state index is -0.479. The van der Waals surface area contributed by atoms with Crippen LogP contribution in [0.15, 0.2) is 53.3 Å². The normalized spacial score (nSPS) is 12.1. The van der Waals surface area contributed by atoms with Crippen molar-refractivity contribution in [3.63, 3.8) is 0 Å². The topological polar surface area (TPSA) is 93.8 Å². The maximum Gasteiger partial charge on any atom is 0.252 e. The lowest BCUT2D eigenvalue weighted by atomic mass is 10.1. The number of rotatable bonds is 4. The quantitative estimate of drug-likeness (QED) is 0.560. The highest BCUT2D eigenvalue weighted by Gasteiger charge is 2.20. The fourth-order valence-electron chi connectivity index (χ4n) is 2.89. The summed E-state index contributed by atoms with van der Waals surface area (Å²) in [6.45, 7) is 3.60. The van der Waals surface area contributed by atoms with Crippen LogP contribution < -0.4 is 5.32 Å². The summed E-state index contributed by atoms with van der Waals surface area (Å²) < 4.78 is 5.31. The van der Waals surface area contributed by atoms with E-state index in [2.05, 4.69) is 25.4 Å². The van der Waals surface area contributed by atoms with Crippen LogP contribution in [0.1, 0.15) is 34.9 Å². The van der Waals surface area contributed by atoms with E-state index in [0.29, 0.717) is 38.9 Å². The second-order valence-electron chi connectivity index (χ2n) is 6.34. The zero-order valence-electron chi connectivity index (χ0n) is 15.2. The van der Waals surface area contributed by atoms with Gasteiger partial charge in [0.05, 0.1) is 16.1 Å². The van der Waals surface area contributed by atoms with E-state index < -0.39 is 6.04 Å². The van der Waals surface area contributed by atoms with Gasteiger partial charge >= 0.3 is 0 Å². The summed E-state index contributed by atoms with van der Waals surface area (Å²) in [5, 5.41) is 8.04. The first-order valence-corrected chi connectivity index (χ1v) is 9.01. The van der Waals surface area contributed by atoms with Gasteiger partial charge < -0.3 is 9.84 Å². The molecule has 0 aliphatic carbocycles. The molecule has 28 heavy (non-hydrogen) atoms. The Morgan fingerprint density at radius 3 is 2.86 bits per heavy atom. The Labute approximate surface area is 165 Å². The van der Waals surface area contributed by atoms with Gasteiger partial charge in [-0.15, -0.1) is 0 Å². The third-order valence-corrected chi connectivity index (χ3v) is 4.55. The van der Waals surface area contributed by atoms with Crippen molar-refractivity contribution in [2.45, 2.75) is 19.9 Å². The van der Waals surface area contributed by atoms with Gasteiger partial charge in [0, 0.05) is 29.0 Å². The van der Waals surface area contributed by atoms with E-state index in [1.807, 2.05) is 19.1 Å². The third kappa shape index (κ3) is 3.44. The number of benzene rings is 1. The van der Waals surface area contributed by atoms with Crippen LogP contribution >= 0.6 is 11.6 Å². The number of amides is 1. The smallest absolute Gasteiger partial charge is 0.252 e. The molecule has 0 bridgehead atoms. The molecule has 1 aromatic carbocycles. The largest absolute Gasteiger partial charge is 0.340 e. The minimum absolute atomic E-state index is 0.272. The maximum atomic E-state index is 12.9. The highest BCUT2D eigenvalue weighted by atomic mass is 35.5. The highest BCUT2D eigenvalue weighted by molar-refractivity contribution is 6.35. The molecule has 0 spiro atoms. The summed E-state index contributed by atoms with van der Waals surface area (Å²) in [6, 6.07) is 10.2. The number of nitrogens with one attached hydrogen (secondary N) is 1. The van der Waals surface area contributed by atoms with Gasteiger partial charge in [-0.1, -0.05) is 28.9 Å². The molecule has 3 heterocycles. The molecule has 0 aliphatic heterocycles. The Kier molecular flexibility index (Phi) is 4.75. The molecule has 0 saturated carbocycles. The zero-order chi connectivity index (χ0) is 19.7. The van der Waals surface area contributed by atoms with Crippen molar-refractivity contribution >= 4 is 28.4 Å². The Bertz CT molecular complexity index is 1160. The van der Waals surface area contributed by atoms with Gasteiger partial charge in [-0.2, -0.15) is 4.98 Å². The van der Waals surface area contributed by atoms with Crippen LogP contribution in [0.25, 0.3) is 22.3 Å². The van der Waals surface area contributed by atoms with Crippen molar-refractivity contribution in [1.29, 1.82) is 0 Å². The molecule has 0 saturated heterocycles. The average molecular weight is 394 g/mol. The summed E-state index contributed by atoms with van der Waals surface area (Å²) in [6.07, 6.45) is 3.31. The van der Waals surface area contributed by atoms with E-state index in [9.17, 15) is 4.79 Å². The number of carbonyl (C=O) groups is 1. The van der Waals surface area contributed by atoms with Crippen LogP contribution in [-0.2, 0) is 0 Å². The van der Waals surface area contributed by atoms with Crippen LogP contribution in [0, 0.1) is 6.92 Å². The summed E-state index contributed by atoms with van der Waals surface area (Å²) in [7, 11) is 0. The Morgan fingerprint density at radius 2 is 2.07 bits per heavy atom. The predicted molar refractivity (Wildman–Crippen MR) is 105 cm³/mol. The van der Waals surface area contributed by atoms with Gasteiger partial charge in [0.25, 0.3) is 5.91 Å². The molecule has 8 heteroatoms. The minimum Gasteiger partial charge on any atom is -0.340 e. The third-order valence-electron chi connectivity index (χ3n) is 4.24. The van der Waals surface area contributed by atoms with Crippen LogP contribution in [0.5, 0.6) is 0 Å². The van der Waals surface area contributed by atoms with E-state index in [-0.39, 0.29) is 5.91 Å². The van der Waals surface area contributed by atoms with Gasteiger partial charge in [-0.05, 0) is 38.1 Å². The van der Waals surface area contributed by atoms with Gasteiger partial charge in [0.1, 0.15) is 6.04 Å². The number of aromatic nitrogens is 4. The lowest BCUT2D eigenvalue weighted by Gasteiger charge is -2.12. The molecule has 7 nitrogen and oxygen atoms in total. The molecule has 3 aromatic heterocycles. The Morgan fingerprint density at radius 1 is 1.21 bits per heavy atom. The number of carbonyl (C=O) groups excluding carboxylic acids is 1. The number of pyridine rings is 2. The Hall–Kier alpha value is -3.32. The molecule has 1 N–H and O–H groups in total. The lowest BCUT2D eigenvalue weighted by Crippen LogP contribution is -2.27. The van der Waals surface area contributed by atoms with E-state index >= 15 is 0 Å². The number of halogens is 1. The molecule has 1 amide bonds. The van der Waals surface area contributed by atoms with Crippen molar-refractivity contribution in [1.82, 2.24) is 25.4 Å². The number of nitrogens with zero attached hydrogens (tertiary/aromatic N) is 4. The number of fused-ring (bicyclic) bond motifs is 1. The zero-order valence-corrected chi connectivity index (χ0v) is 15.9.